The summed E-state index contributed by atoms with van der Waals surface area (Å²) in [7, 11) is 1.24. The van der Waals surface area contributed by atoms with Gasteiger partial charge in [-0.25, -0.2) is 4.79 Å². The van der Waals surface area contributed by atoms with Crippen LogP contribution in [-0.2, 0) is 29.3 Å². The molecule has 34 heavy (non-hydrogen) atoms. The van der Waals surface area contributed by atoms with Crippen LogP contribution in [0.1, 0.15) is 31.4 Å². The van der Waals surface area contributed by atoms with E-state index in [1.807, 2.05) is 32.9 Å². The fourth-order valence-corrected chi connectivity index (χ4v) is 4.00. The van der Waals surface area contributed by atoms with Crippen molar-refractivity contribution in [2.45, 2.75) is 39.0 Å². The van der Waals surface area contributed by atoms with Crippen LogP contribution in [0.25, 0.3) is 0 Å². The molecule has 1 aliphatic heterocycles. The lowest BCUT2D eigenvalue weighted by atomic mass is 9.87. The van der Waals surface area contributed by atoms with Gasteiger partial charge in [-0.1, -0.05) is 35.9 Å². The van der Waals surface area contributed by atoms with Gasteiger partial charge < -0.3 is 29.7 Å². The lowest BCUT2D eigenvalue weighted by Crippen LogP contribution is -2.56. The second kappa shape index (κ2) is 11.1. The van der Waals surface area contributed by atoms with E-state index in [9.17, 15) is 14.4 Å². The first-order valence-corrected chi connectivity index (χ1v) is 11.2. The number of fused-ring (bicyclic) bond motifs is 1. The minimum absolute atomic E-state index is 0.0989. The highest BCUT2D eigenvalue weighted by atomic mass is 16.7. The van der Waals surface area contributed by atoms with E-state index < -0.39 is 29.7 Å². The third kappa shape index (κ3) is 5.37. The molecule has 0 aromatic heterocycles. The van der Waals surface area contributed by atoms with Crippen molar-refractivity contribution in [1.82, 2.24) is 5.32 Å². The van der Waals surface area contributed by atoms with Gasteiger partial charge in [-0.3, -0.25) is 9.59 Å². The second-order valence-electron chi connectivity index (χ2n) is 7.88. The van der Waals surface area contributed by atoms with Crippen molar-refractivity contribution in [2.24, 2.45) is 0 Å². The van der Waals surface area contributed by atoms with E-state index in [0.717, 1.165) is 5.56 Å². The number of nitrogens with one attached hydrogen (secondary N) is 2. The molecular formula is C25H31N3O6. The molecule has 0 aliphatic carbocycles. The molecule has 182 valence electrons. The molecule has 0 saturated carbocycles. The third-order valence-electron chi connectivity index (χ3n) is 5.58. The maximum atomic E-state index is 13.9. The van der Waals surface area contributed by atoms with Gasteiger partial charge in [-0.15, -0.1) is 0 Å². The summed E-state index contributed by atoms with van der Waals surface area (Å²) in [4.78, 5) is 40.8. The van der Waals surface area contributed by atoms with Crippen LogP contribution in [0, 0.1) is 6.92 Å². The number of para-hydroxylation sites is 1. The fourth-order valence-electron chi connectivity index (χ4n) is 4.00. The van der Waals surface area contributed by atoms with Crippen molar-refractivity contribution < 1.29 is 28.6 Å². The van der Waals surface area contributed by atoms with E-state index in [0.29, 0.717) is 30.2 Å². The Kier molecular flexibility index (Phi) is 8.25. The average Bonchev–Trinajstić information content (AvgIpc) is 3.03. The first kappa shape index (κ1) is 25.2. The Labute approximate surface area is 199 Å². The standard InChI is InChI=1S/C25H31N3O6/c1-5-33-22(34-6-2)16-28-20-10-8-7-9-19(20)25(23(28)30,15-21(29)32-4)27-24(31)26-18-13-11-17(3)12-14-18/h7-14,22H,5-6,15-16H2,1-4H3,(H2,26,27,31)/t25-/m1/s1. The number of esters is 1. The van der Waals surface area contributed by atoms with Gasteiger partial charge >= 0.3 is 12.0 Å². The van der Waals surface area contributed by atoms with E-state index in [2.05, 4.69) is 10.6 Å². The number of amides is 3. The number of carbonyl (C=O) groups excluding carboxylic acids is 3. The van der Waals surface area contributed by atoms with Crippen LogP contribution < -0.4 is 15.5 Å². The highest BCUT2D eigenvalue weighted by molar-refractivity contribution is 6.11. The minimum Gasteiger partial charge on any atom is -0.469 e. The summed E-state index contributed by atoms with van der Waals surface area (Å²) in [6, 6.07) is 13.6. The first-order valence-electron chi connectivity index (χ1n) is 11.2. The molecule has 1 aliphatic rings. The van der Waals surface area contributed by atoms with Gasteiger partial charge in [0, 0.05) is 24.5 Å². The molecule has 3 amide bonds. The zero-order chi connectivity index (χ0) is 24.7. The Hall–Kier alpha value is -3.43. The number of urea groups is 1. The van der Waals surface area contributed by atoms with Crippen LogP contribution in [0.2, 0.25) is 0 Å². The molecule has 2 N–H and O–H groups in total. The molecule has 9 heteroatoms. The van der Waals surface area contributed by atoms with Crippen molar-refractivity contribution in [3.05, 3.63) is 59.7 Å². The van der Waals surface area contributed by atoms with Gasteiger partial charge in [0.25, 0.3) is 5.91 Å². The molecule has 2 aromatic carbocycles. The monoisotopic (exact) mass is 469 g/mol. The number of rotatable bonds is 10. The van der Waals surface area contributed by atoms with Gasteiger partial charge in [-0.05, 0) is 39.0 Å². The predicted octanol–water partition coefficient (Wildman–Crippen LogP) is 3.32. The van der Waals surface area contributed by atoms with Gasteiger partial charge in [-0.2, -0.15) is 0 Å². The number of nitrogens with zero attached hydrogens (tertiary/aromatic N) is 1. The quantitative estimate of drug-likeness (QED) is 0.408. The number of carbonyl (C=O) groups is 3. The maximum Gasteiger partial charge on any atom is 0.320 e. The van der Waals surface area contributed by atoms with Crippen LogP contribution in [0.15, 0.2) is 48.5 Å². The molecule has 0 radical (unpaired) electrons. The highest BCUT2D eigenvalue weighted by Gasteiger charge is 2.54. The minimum atomic E-state index is -1.65. The van der Waals surface area contributed by atoms with Gasteiger partial charge in [0.1, 0.15) is 0 Å². The molecule has 9 nitrogen and oxygen atoms in total. The summed E-state index contributed by atoms with van der Waals surface area (Å²) < 4.78 is 16.2. The molecule has 1 atom stereocenters. The predicted molar refractivity (Wildman–Crippen MR) is 127 cm³/mol. The lowest BCUT2D eigenvalue weighted by Gasteiger charge is -2.30. The molecule has 1 heterocycles. The van der Waals surface area contributed by atoms with Crippen molar-refractivity contribution in [3.63, 3.8) is 0 Å². The summed E-state index contributed by atoms with van der Waals surface area (Å²) in [5.41, 5.74) is 1.01. The molecule has 0 spiro atoms. The summed E-state index contributed by atoms with van der Waals surface area (Å²) in [5.74, 6) is -1.10. The van der Waals surface area contributed by atoms with Crippen LogP contribution in [0.3, 0.4) is 0 Å². The zero-order valence-electron chi connectivity index (χ0n) is 19.9. The van der Waals surface area contributed by atoms with Crippen LogP contribution in [-0.4, -0.2) is 51.1 Å². The van der Waals surface area contributed by atoms with Crippen molar-refractivity contribution in [1.29, 1.82) is 0 Å². The number of hydrogen-bond acceptors (Lipinski definition) is 6. The summed E-state index contributed by atoms with van der Waals surface area (Å²) in [6.45, 7) is 6.52. The van der Waals surface area contributed by atoms with E-state index in [4.69, 9.17) is 14.2 Å². The van der Waals surface area contributed by atoms with Crippen molar-refractivity contribution in [3.8, 4) is 0 Å². The molecule has 2 aromatic rings. The maximum absolute atomic E-state index is 13.9. The lowest BCUT2D eigenvalue weighted by molar-refractivity contribution is -0.146. The van der Waals surface area contributed by atoms with E-state index >= 15 is 0 Å². The number of ether oxygens (including phenoxy) is 3. The van der Waals surface area contributed by atoms with E-state index in [1.54, 1.807) is 36.4 Å². The SMILES string of the molecule is CCOC(CN1C(=O)[C@](CC(=O)OC)(NC(=O)Nc2ccc(C)cc2)c2ccccc21)OCC. The van der Waals surface area contributed by atoms with Crippen molar-refractivity contribution in [2.75, 3.05) is 37.1 Å². The number of hydrogen-bond donors (Lipinski definition) is 2. The molecule has 0 unspecified atom stereocenters. The molecule has 3 rings (SSSR count). The smallest absolute Gasteiger partial charge is 0.320 e. The van der Waals surface area contributed by atoms with Crippen LogP contribution in [0.4, 0.5) is 16.2 Å². The summed E-state index contributed by atoms with van der Waals surface area (Å²) in [6.07, 6.45) is -1.03. The second-order valence-corrected chi connectivity index (χ2v) is 7.88. The van der Waals surface area contributed by atoms with E-state index in [-0.39, 0.29) is 13.0 Å². The highest BCUT2D eigenvalue weighted by Crippen LogP contribution is 2.43. The van der Waals surface area contributed by atoms with Crippen LogP contribution in [0.5, 0.6) is 0 Å². The van der Waals surface area contributed by atoms with Gasteiger partial charge in [0.15, 0.2) is 11.8 Å². The molecule has 0 fully saturated rings. The first-order chi connectivity index (χ1) is 16.3. The number of methoxy groups -OCH3 is 1. The Morgan fingerprint density at radius 3 is 2.29 bits per heavy atom. The Morgan fingerprint density at radius 1 is 1.03 bits per heavy atom. The number of aryl methyl sites for hydroxylation is 1. The molecule has 0 saturated heterocycles. The Morgan fingerprint density at radius 2 is 1.68 bits per heavy atom. The fraction of sp³-hybridized carbons (Fsp3) is 0.400. The largest absolute Gasteiger partial charge is 0.469 e. The Bertz CT molecular complexity index is 1020. The average molecular weight is 470 g/mol. The number of anilines is 2. The van der Waals surface area contributed by atoms with Gasteiger partial charge in [0.2, 0.25) is 0 Å². The van der Waals surface area contributed by atoms with Crippen LogP contribution >= 0.6 is 0 Å². The normalized spacial score (nSPS) is 17.0. The third-order valence-corrected chi connectivity index (χ3v) is 5.58. The Balaban J connectivity index is 1.97. The molecular weight excluding hydrogens is 438 g/mol. The number of benzene rings is 2. The van der Waals surface area contributed by atoms with E-state index in [1.165, 1.54) is 12.0 Å². The van der Waals surface area contributed by atoms with Crippen molar-refractivity contribution >= 4 is 29.3 Å². The summed E-state index contributed by atoms with van der Waals surface area (Å²) >= 11 is 0. The van der Waals surface area contributed by atoms with Gasteiger partial charge in [0.05, 0.1) is 25.8 Å². The summed E-state index contributed by atoms with van der Waals surface area (Å²) in [5, 5.41) is 5.51. The zero-order valence-corrected chi connectivity index (χ0v) is 19.9. The topological polar surface area (TPSA) is 106 Å². The molecule has 0 bridgehead atoms.